The summed E-state index contributed by atoms with van der Waals surface area (Å²) in [6, 6.07) is 2.63. The first-order valence-electron chi connectivity index (χ1n) is 7.64. The van der Waals surface area contributed by atoms with Gasteiger partial charge in [-0.15, -0.1) is 12.4 Å². The highest BCUT2D eigenvalue weighted by Crippen LogP contribution is 2.39. The Morgan fingerprint density at radius 1 is 1.30 bits per heavy atom. The molecular formula is C15H27ClN4. The molecule has 2 saturated heterocycles. The van der Waals surface area contributed by atoms with Crippen molar-refractivity contribution >= 4 is 12.4 Å². The van der Waals surface area contributed by atoms with Crippen LogP contribution in [-0.2, 0) is 6.54 Å². The van der Waals surface area contributed by atoms with E-state index in [0.29, 0.717) is 11.5 Å². The van der Waals surface area contributed by atoms with Gasteiger partial charge in [-0.1, -0.05) is 0 Å². The minimum absolute atomic E-state index is 0. The number of halogens is 1. The summed E-state index contributed by atoms with van der Waals surface area (Å²) in [6.45, 7) is 10.4. The van der Waals surface area contributed by atoms with Crippen molar-refractivity contribution in [2.24, 2.45) is 5.41 Å². The maximum absolute atomic E-state index is 4.44. The molecule has 2 aliphatic heterocycles. The van der Waals surface area contributed by atoms with Gasteiger partial charge in [0.05, 0.1) is 5.69 Å². The summed E-state index contributed by atoms with van der Waals surface area (Å²) >= 11 is 0. The third-order valence-electron chi connectivity index (χ3n) is 4.81. The van der Waals surface area contributed by atoms with Crippen molar-refractivity contribution in [1.29, 1.82) is 0 Å². The first-order valence-corrected chi connectivity index (χ1v) is 7.64. The number of rotatable bonds is 3. The summed E-state index contributed by atoms with van der Waals surface area (Å²) in [5, 5.41) is 7.93. The van der Waals surface area contributed by atoms with Crippen molar-refractivity contribution in [2.45, 2.75) is 45.7 Å². The minimum atomic E-state index is 0. The van der Waals surface area contributed by atoms with Crippen LogP contribution in [0.1, 0.15) is 44.8 Å². The number of nitrogens with one attached hydrogen (secondary N) is 1. The second kappa shape index (κ2) is 6.46. The molecule has 0 radical (unpaired) electrons. The molecule has 1 aromatic rings. The lowest BCUT2D eigenvalue weighted by atomic mass is 9.78. The van der Waals surface area contributed by atoms with Gasteiger partial charge in [0.25, 0.3) is 0 Å². The van der Waals surface area contributed by atoms with Gasteiger partial charge in [0.15, 0.2) is 0 Å². The Balaban J connectivity index is 0.00000147. The molecule has 3 rings (SSSR count). The molecule has 4 nitrogen and oxygen atoms in total. The van der Waals surface area contributed by atoms with Crippen molar-refractivity contribution in [3.63, 3.8) is 0 Å². The quantitative estimate of drug-likeness (QED) is 0.930. The van der Waals surface area contributed by atoms with Gasteiger partial charge in [-0.3, -0.25) is 9.58 Å². The van der Waals surface area contributed by atoms with Gasteiger partial charge >= 0.3 is 0 Å². The number of likely N-dealkylation sites (tertiary alicyclic amines) is 1. The smallest absolute Gasteiger partial charge is 0.0527 e. The van der Waals surface area contributed by atoms with Crippen LogP contribution in [0, 0.1) is 5.41 Å². The number of hydrogen-bond donors (Lipinski definition) is 1. The second-order valence-electron chi connectivity index (χ2n) is 6.57. The van der Waals surface area contributed by atoms with E-state index in [1.54, 1.807) is 0 Å². The van der Waals surface area contributed by atoms with E-state index < -0.39 is 0 Å². The van der Waals surface area contributed by atoms with Crippen molar-refractivity contribution in [3.05, 3.63) is 18.0 Å². The lowest BCUT2D eigenvalue weighted by molar-refractivity contribution is 0.191. The Bertz CT molecular complexity index is 423. The molecule has 20 heavy (non-hydrogen) atoms. The standard InChI is InChI=1S/C15H26N4.ClH/c1-13(2)19-14(3-7-17-19)11-18-10-6-15(12-18)4-8-16-9-5-15;/h3,7,13,16H,4-6,8-12H2,1-2H3;1H. The molecule has 0 aliphatic carbocycles. The number of aromatic nitrogens is 2. The van der Waals surface area contributed by atoms with Gasteiger partial charge in [0.1, 0.15) is 0 Å². The van der Waals surface area contributed by atoms with Crippen LogP contribution in [0.2, 0.25) is 0 Å². The molecule has 5 heteroatoms. The average Bonchev–Trinajstić information content (AvgIpc) is 2.99. The molecule has 0 atom stereocenters. The maximum Gasteiger partial charge on any atom is 0.0527 e. The molecule has 1 N–H and O–H groups in total. The van der Waals surface area contributed by atoms with E-state index in [-0.39, 0.29) is 12.4 Å². The van der Waals surface area contributed by atoms with E-state index in [1.807, 2.05) is 6.20 Å². The maximum atomic E-state index is 4.44. The summed E-state index contributed by atoms with van der Waals surface area (Å²) in [6.07, 6.45) is 6.02. The lowest BCUT2D eigenvalue weighted by Gasteiger charge is -2.34. The topological polar surface area (TPSA) is 33.1 Å². The van der Waals surface area contributed by atoms with E-state index in [9.17, 15) is 0 Å². The summed E-state index contributed by atoms with van der Waals surface area (Å²) < 4.78 is 2.16. The fraction of sp³-hybridized carbons (Fsp3) is 0.800. The molecule has 3 heterocycles. The zero-order chi connectivity index (χ0) is 13.3. The molecule has 0 aromatic carbocycles. The van der Waals surface area contributed by atoms with Gasteiger partial charge in [-0.05, 0) is 64.2 Å². The molecule has 2 fully saturated rings. The van der Waals surface area contributed by atoms with E-state index in [4.69, 9.17) is 0 Å². The highest BCUT2D eigenvalue weighted by atomic mass is 35.5. The third-order valence-corrected chi connectivity index (χ3v) is 4.81. The Kier molecular flexibility index (Phi) is 5.10. The minimum Gasteiger partial charge on any atom is -0.317 e. The highest BCUT2D eigenvalue weighted by Gasteiger charge is 2.38. The molecule has 0 saturated carbocycles. The zero-order valence-corrected chi connectivity index (χ0v) is 13.5. The molecule has 114 valence electrons. The molecule has 2 aliphatic rings. The molecule has 0 amide bonds. The summed E-state index contributed by atoms with van der Waals surface area (Å²) in [7, 11) is 0. The number of nitrogens with zero attached hydrogens (tertiary/aromatic N) is 3. The monoisotopic (exact) mass is 298 g/mol. The molecule has 1 spiro atoms. The van der Waals surface area contributed by atoms with Gasteiger partial charge in [0, 0.05) is 25.3 Å². The SMILES string of the molecule is CC(C)n1nccc1CN1CCC2(CCNCC2)C1.Cl. The van der Waals surface area contributed by atoms with E-state index in [2.05, 4.69) is 39.9 Å². The summed E-state index contributed by atoms with van der Waals surface area (Å²) in [5.41, 5.74) is 1.97. The van der Waals surface area contributed by atoms with E-state index in [1.165, 1.54) is 51.1 Å². The first kappa shape index (κ1) is 15.8. The molecule has 0 bridgehead atoms. The predicted molar refractivity (Wildman–Crippen MR) is 84.3 cm³/mol. The van der Waals surface area contributed by atoms with Crippen LogP contribution in [0.15, 0.2) is 12.3 Å². The molecule has 1 aromatic heterocycles. The predicted octanol–water partition coefficient (Wildman–Crippen LogP) is 2.46. The summed E-state index contributed by atoms with van der Waals surface area (Å²) in [4.78, 5) is 2.63. The Labute approximate surface area is 128 Å². The fourth-order valence-corrected chi connectivity index (χ4v) is 3.69. The van der Waals surface area contributed by atoms with Gasteiger partial charge in [-0.2, -0.15) is 5.10 Å². The number of piperidine rings is 1. The van der Waals surface area contributed by atoms with Crippen LogP contribution in [0.25, 0.3) is 0 Å². The third kappa shape index (κ3) is 3.18. The van der Waals surface area contributed by atoms with Crippen molar-refractivity contribution in [1.82, 2.24) is 20.0 Å². The molecule has 0 unspecified atom stereocenters. The van der Waals surface area contributed by atoms with Crippen LogP contribution >= 0.6 is 12.4 Å². The van der Waals surface area contributed by atoms with Crippen molar-refractivity contribution in [2.75, 3.05) is 26.2 Å². The largest absolute Gasteiger partial charge is 0.317 e. The van der Waals surface area contributed by atoms with Gasteiger partial charge in [-0.25, -0.2) is 0 Å². The van der Waals surface area contributed by atoms with Gasteiger partial charge < -0.3 is 5.32 Å². The average molecular weight is 299 g/mol. The second-order valence-corrected chi connectivity index (χ2v) is 6.57. The van der Waals surface area contributed by atoms with Crippen LogP contribution in [0.4, 0.5) is 0 Å². The highest BCUT2D eigenvalue weighted by molar-refractivity contribution is 5.85. The summed E-state index contributed by atoms with van der Waals surface area (Å²) in [5.74, 6) is 0. The first-order chi connectivity index (χ1) is 9.19. The molecular weight excluding hydrogens is 272 g/mol. The Morgan fingerprint density at radius 3 is 2.75 bits per heavy atom. The Hall–Kier alpha value is -0.580. The van der Waals surface area contributed by atoms with Crippen molar-refractivity contribution < 1.29 is 0 Å². The van der Waals surface area contributed by atoms with Crippen LogP contribution in [0.3, 0.4) is 0 Å². The van der Waals surface area contributed by atoms with Crippen molar-refractivity contribution in [3.8, 4) is 0 Å². The Morgan fingerprint density at radius 2 is 2.05 bits per heavy atom. The van der Waals surface area contributed by atoms with E-state index >= 15 is 0 Å². The van der Waals surface area contributed by atoms with Gasteiger partial charge in [0.2, 0.25) is 0 Å². The van der Waals surface area contributed by atoms with Crippen LogP contribution in [-0.4, -0.2) is 40.9 Å². The normalized spacial score (nSPS) is 22.4. The van der Waals surface area contributed by atoms with Crippen LogP contribution in [0.5, 0.6) is 0 Å². The fourth-order valence-electron chi connectivity index (χ4n) is 3.69. The lowest BCUT2D eigenvalue weighted by Crippen LogP contribution is -2.38. The number of hydrogen-bond acceptors (Lipinski definition) is 3. The van der Waals surface area contributed by atoms with E-state index in [0.717, 1.165) is 6.54 Å². The van der Waals surface area contributed by atoms with Crippen LogP contribution < -0.4 is 5.32 Å². The zero-order valence-electron chi connectivity index (χ0n) is 12.6.